The zero-order chi connectivity index (χ0) is 13.0. The fourth-order valence-electron chi connectivity index (χ4n) is 1.24. The van der Waals surface area contributed by atoms with E-state index in [9.17, 15) is 9.59 Å². The van der Waals surface area contributed by atoms with E-state index in [1.54, 1.807) is 12.1 Å². The Morgan fingerprint density at radius 2 is 2.06 bits per heavy atom. The summed E-state index contributed by atoms with van der Waals surface area (Å²) in [7, 11) is 0. The van der Waals surface area contributed by atoms with E-state index in [1.807, 2.05) is 0 Å². The molecule has 2 heterocycles. The fourth-order valence-corrected chi connectivity index (χ4v) is 1.24. The number of carbonyl (C=O) groups excluding carboxylic acids is 1. The highest BCUT2D eigenvalue weighted by molar-refractivity contribution is 6.02. The number of nitrogens with one attached hydrogen (secondary N) is 3. The molecule has 0 saturated carbocycles. The minimum Gasteiger partial charge on any atom is -0.308 e. The van der Waals surface area contributed by atoms with Crippen molar-refractivity contribution >= 4 is 17.5 Å². The molecule has 0 saturated heterocycles. The molecule has 2 aromatic rings. The van der Waals surface area contributed by atoms with Gasteiger partial charge in [0.25, 0.3) is 11.5 Å². The summed E-state index contributed by atoms with van der Waals surface area (Å²) >= 11 is 0. The lowest BCUT2D eigenvalue weighted by atomic mass is 10.3. The monoisotopic (exact) mass is 246 g/mol. The van der Waals surface area contributed by atoms with Gasteiger partial charge in [0.2, 0.25) is 0 Å². The molecule has 0 radical (unpaired) electrons. The fraction of sp³-hybridized carbons (Fsp3) is 0. The molecule has 5 N–H and O–H groups in total. The van der Waals surface area contributed by atoms with Crippen molar-refractivity contribution in [1.82, 2.24) is 15.2 Å². The van der Waals surface area contributed by atoms with Gasteiger partial charge in [-0.15, -0.1) is 0 Å². The number of anilines is 2. The van der Waals surface area contributed by atoms with E-state index in [4.69, 9.17) is 5.84 Å². The molecule has 2 rings (SSSR count). The zero-order valence-electron chi connectivity index (χ0n) is 9.18. The van der Waals surface area contributed by atoms with Gasteiger partial charge < -0.3 is 10.7 Å². The molecule has 1 amide bonds. The normalized spacial score (nSPS) is 9.83. The Hall–Kier alpha value is -2.74. The van der Waals surface area contributed by atoms with Crippen molar-refractivity contribution in [3.05, 3.63) is 46.4 Å². The number of nitrogens with two attached hydrogens (primary N) is 1. The number of aromatic amines is 1. The van der Waals surface area contributed by atoms with Crippen LogP contribution in [0.2, 0.25) is 0 Å². The average Bonchev–Trinajstić information content (AvgIpc) is 2.41. The van der Waals surface area contributed by atoms with Gasteiger partial charge in [0, 0.05) is 6.07 Å². The summed E-state index contributed by atoms with van der Waals surface area (Å²) in [4.78, 5) is 26.5. The van der Waals surface area contributed by atoms with Crippen molar-refractivity contribution in [1.29, 1.82) is 0 Å². The third-order valence-corrected chi connectivity index (χ3v) is 2.05. The Kier molecular flexibility index (Phi) is 3.30. The Balaban J connectivity index is 2.16. The molecule has 18 heavy (non-hydrogen) atoms. The number of nitrogen functional groups attached to an aromatic ring is 1. The Labute approximate surface area is 101 Å². The average molecular weight is 246 g/mol. The zero-order valence-corrected chi connectivity index (χ0v) is 9.18. The van der Waals surface area contributed by atoms with Gasteiger partial charge in [-0.25, -0.2) is 15.9 Å². The SMILES string of the molecule is NNc1cccc(C(=O)Nc2ccc(=O)[nH]n2)n1. The van der Waals surface area contributed by atoms with Crippen LogP contribution in [0.5, 0.6) is 0 Å². The van der Waals surface area contributed by atoms with Crippen molar-refractivity contribution in [2.75, 3.05) is 10.7 Å². The quantitative estimate of drug-likeness (QED) is 0.435. The first-order chi connectivity index (χ1) is 8.69. The molecule has 0 aliphatic heterocycles. The number of H-pyrrole nitrogens is 1. The summed E-state index contributed by atoms with van der Waals surface area (Å²) in [5, 5.41) is 8.34. The summed E-state index contributed by atoms with van der Waals surface area (Å²) in [5.41, 5.74) is 2.17. The van der Waals surface area contributed by atoms with E-state index < -0.39 is 5.91 Å². The standard InChI is InChI=1S/C10H10N6O2/c11-14-7-3-1-2-6(12-7)10(18)13-8-4-5-9(17)16-15-8/h1-5H,11H2,(H,12,14)(H,16,17)(H,13,15,18). The van der Waals surface area contributed by atoms with Crippen LogP contribution in [-0.2, 0) is 0 Å². The summed E-state index contributed by atoms with van der Waals surface area (Å²) < 4.78 is 0. The van der Waals surface area contributed by atoms with Crippen LogP contribution in [0.4, 0.5) is 11.6 Å². The van der Waals surface area contributed by atoms with Gasteiger partial charge in [0.05, 0.1) is 0 Å². The van der Waals surface area contributed by atoms with Crippen LogP contribution >= 0.6 is 0 Å². The Morgan fingerprint density at radius 1 is 1.22 bits per heavy atom. The molecule has 0 bridgehead atoms. The van der Waals surface area contributed by atoms with E-state index in [-0.39, 0.29) is 17.1 Å². The molecule has 92 valence electrons. The van der Waals surface area contributed by atoms with Crippen molar-refractivity contribution in [2.45, 2.75) is 0 Å². The van der Waals surface area contributed by atoms with E-state index in [0.29, 0.717) is 5.82 Å². The molecular weight excluding hydrogens is 236 g/mol. The summed E-state index contributed by atoms with van der Waals surface area (Å²) in [6.07, 6.45) is 0. The van der Waals surface area contributed by atoms with E-state index in [0.717, 1.165) is 0 Å². The van der Waals surface area contributed by atoms with Crippen LogP contribution in [0, 0.1) is 0 Å². The van der Waals surface area contributed by atoms with Gasteiger partial charge in [0.15, 0.2) is 5.82 Å². The van der Waals surface area contributed by atoms with E-state index >= 15 is 0 Å². The summed E-state index contributed by atoms with van der Waals surface area (Å²) in [5.74, 6) is 5.34. The first-order valence-electron chi connectivity index (χ1n) is 5.00. The molecule has 0 aliphatic carbocycles. The highest BCUT2D eigenvalue weighted by Crippen LogP contribution is 2.05. The number of hydrazine groups is 1. The molecule has 0 aromatic carbocycles. The van der Waals surface area contributed by atoms with Gasteiger partial charge in [-0.2, -0.15) is 5.10 Å². The molecule has 8 nitrogen and oxygen atoms in total. The van der Waals surface area contributed by atoms with Crippen molar-refractivity contribution in [2.24, 2.45) is 5.84 Å². The van der Waals surface area contributed by atoms with Gasteiger partial charge in [-0.05, 0) is 18.2 Å². The van der Waals surface area contributed by atoms with Crippen molar-refractivity contribution < 1.29 is 4.79 Å². The Bertz CT molecular complexity index is 603. The second-order valence-electron chi connectivity index (χ2n) is 3.31. The maximum absolute atomic E-state index is 11.8. The summed E-state index contributed by atoms with van der Waals surface area (Å²) in [6.45, 7) is 0. The van der Waals surface area contributed by atoms with E-state index in [1.165, 1.54) is 18.2 Å². The maximum Gasteiger partial charge on any atom is 0.275 e. The minimum absolute atomic E-state index is 0.179. The number of hydrogen-bond donors (Lipinski definition) is 4. The molecule has 8 heteroatoms. The van der Waals surface area contributed by atoms with E-state index in [2.05, 4.69) is 25.9 Å². The summed E-state index contributed by atoms with van der Waals surface area (Å²) in [6, 6.07) is 7.43. The van der Waals surface area contributed by atoms with Gasteiger partial charge in [-0.3, -0.25) is 9.59 Å². The lowest BCUT2D eigenvalue weighted by Crippen LogP contribution is -2.18. The van der Waals surface area contributed by atoms with Crippen LogP contribution < -0.4 is 22.1 Å². The van der Waals surface area contributed by atoms with Crippen LogP contribution in [-0.4, -0.2) is 21.1 Å². The first-order valence-corrected chi connectivity index (χ1v) is 5.00. The number of nitrogens with zero attached hydrogens (tertiary/aromatic N) is 2. The van der Waals surface area contributed by atoms with Gasteiger partial charge in [-0.1, -0.05) is 6.07 Å². The lowest BCUT2D eigenvalue weighted by molar-refractivity contribution is 0.102. The number of amides is 1. The molecule has 0 aliphatic rings. The molecular formula is C10H10N6O2. The van der Waals surface area contributed by atoms with Gasteiger partial charge >= 0.3 is 0 Å². The smallest absolute Gasteiger partial charge is 0.275 e. The number of pyridine rings is 1. The topological polar surface area (TPSA) is 126 Å². The number of carbonyl (C=O) groups is 1. The highest BCUT2D eigenvalue weighted by atomic mass is 16.2. The molecule has 0 unspecified atom stereocenters. The maximum atomic E-state index is 11.8. The number of hydrogen-bond acceptors (Lipinski definition) is 6. The lowest BCUT2D eigenvalue weighted by Gasteiger charge is -2.04. The largest absolute Gasteiger partial charge is 0.308 e. The van der Waals surface area contributed by atoms with Crippen LogP contribution in [0.3, 0.4) is 0 Å². The number of aromatic nitrogens is 3. The third-order valence-electron chi connectivity index (χ3n) is 2.05. The van der Waals surface area contributed by atoms with Crippen LogP contribution in [0.25, 0.3) is 0 Å². The van der Waals surface area contributed by atoms with Crippen LogP contribution in [0.1, 0.15) is 10.5 Å². The molecule has 2 aromatic heterocycles. The van der Waals surface area contributed by atoms with Crippen molar-refractivity contribution in [3.63, 3.8) is 0 Å². The Morgan fingerprint density at radius 3 is 2.72 bits per heavy atom. The molecule has 0 atom stereocenters. The second-order valence-corrected chi connectivity index (χ2v) is 3.31. The highest BCUT2D eigenvalue weighted by Gasteiger charge is 2.08. The van der Waals surface area contributed by atoms with Crippen LogP contribution in [0.15, 0.2) is 35.1 Å². The molecule has 0 spiro atoms. The predicted molar refractivity (Wildman–Crippen MR) is 64.9 cm³/mol. The minimum atomic E-state index is -0.452. The third kappa shape index (κ3) is 2.68. The number of rotatable bonds is 3. The molecule has 0 fully saturated rings. The van der Waals surface area contributed by atoms with Gasteiger partial charge in [0.1, 0.15) is 11.5 Å². The second kappa shape index (κ2) is 5.06. The predicted octanol–water partition coefficient (Wildman–Crippen LogP) is -0.297. The van der Waals surface area contributed by atoms with Crippen molar-refractivity contribution in [3.8, 4) is 0 Å². The first kappa shape index (κ1) is 11.7.